The Morgan fingerprint density at radius 2 is 1.76 bits per heavy atom. The van der Waals surface area contributed by atoms with E-state index in [1.54, 1.807) is 31.2 Å². The summed E-state index contributed by atoms with van der Waals surface area (Å²) in [4.78, 5) is 11.9. The molecule has 1 aromatic rings. The molecule has 1 N–H and O–H groups in total. The lowest BCUT2D eigenvalue weighted by Gasteiger charge is -2.20. The number of carbonyl (C=O) groups is 1. The molecule has 6 heteroatoms. The van der Waals surface area contributed by atoms with Crippen molar-refractivity contribution in [2.45, 2.75) is 33.1 Å². The Bertz CT molecular complexity index is 553. The largest absolute Gasteiger partial charge is 0.352 e. The van der Waals surface area contributed by atoms with Crippen LogP contribution in [-0.2, 0) is 10.0 Å². The van der Waals surface area contributed by atoms with Gasteiger partial charge in [0.1, 0.15) is 0 Å². The maximum atomic E-state index is 11.9. The summed E-state index contributed by atoms with van der Waals surface area (Å²) >= 11 is 0. The van der Waals surface area contributed by atoms with Gasteiger partial charge in [0, 0.05) is 18.7 Å². The Labute approximate surface area is 127 Å². The van der Waals surface area contributed by atoms with E-state index in [0.717, 1.165) is 19.3 Å². The molecule has 118 valence electrons. The lowest BCUT2D eigenvalue weighted by Crippen LogP contribution is -2.29. The van der Waals surface area contributed by atoms with E-state index >= 15 is 0 Å². The second-order valence-electron chi connectivity index (χ2n) is 4.94. The van der Waals surface area contributed by atoms with E-state index < -0.39 is 10.0 Å². The van der Waals surface area contributed by atoms with Gasteiger partial charge < -0.3 is 5.32 Å². The molecule has 0 aliphatic carbocycles. The summed E-state index contributed by atoms with van der Waals surface area (Å²) in [5.41, 5.74) is 1.11. The minimum atomic E-state index is -3.29. The topological polar surface area (TPSA) is 66.5 Å². The van der Waals surface area contributed by atoms with Gasteiger partial charge in [-0.3, -0.25) is 9.10 Å². The van der Waals surface area contributed by atoms with Gasteiger partial charge in [0.15, 0.2) is 0 Å². The zero-order valence-corrected chi connectivity index (χ0v) is 13.7. The van der Waals surface area contributed by atoms with Gasteiger partial charge in [-0.1, -0.05) is 19.8 Å². The minimum Gasteiger partial charge on any atom is -0.352 e. The summed E-state index contributed by atoms with van der Waals surface area (Å²) in [5, 5.41) is 2.86. The molecular formula is C15H24N2O3S. The average molecular weight is 312 g/mol. The van der Waals surface area contributed by atoms with E-state index in [9.17, 15) is 13.2 Å². The molecule has 0 unspecified atom stereocenters. The molecule has 1 amide bonds. The molecule has 1 rings (SSSR count). The molecule has 0 fully saturated rings. The van der Waals surface area contributed by atoms with Crippen molar-refractivity contribution >= 4 is 21.6 Å². The smallest absolute Gasteiger partial charge is 0.251 e. The molecule has 1 aromatic carbocycles. The van der Waals surface area contributed by atoms with Gasteiger partial charge in [0.05, 0.1) is 11.9 Å². The third-order valence-corrected chi connectivity index (χ3v) is 4.44. The fourth-order valence-electron chi connectivity index (χ4n) is 2.07. The van der Waals surface area contributed by atoms with Crippen LogP contribution in [0.5, 0.6) is 0 Å². The number of carbonyl (C=O) groups excluding carboxylic acids is 1. The van der Waals surface area contributed by atoms with Gasteiger partial charge >= 0.3 is 0 Å². The number of benzene rings is 1. The molecule has 0 radical (unpaired) electrons. The van der Waals surface area contributed by atoms with Gasteiger partial charge in [0.25, 0.3) is 5.91 Å². The number of hydrogen-bond donors (Lipinski definition) is 1. The molecule has 0 aliphatic rings. The van der Waals surface area contributed by atoms with Crippen LogP contribution in [-0.4, -0.2) is 33.7 Å². The van der Waals surface area contributed by atoms with Gasteiger partial charge in [-0.15, -0.1) is 0 Å². The number of nitrogens with zero attached hydrogens (tertiary/aromatic N) is 1. The first-order chi connectivity index (χ1) is 9.90. The number of anilines is 1. The molecule has 0 bridgehead atoms. The van der Waals surface area contributed by atoms with Crippen molar-refractivity contribution in [1.82, 2.24) is 5.32 Å². The normalized spacial score (nSPS) is 11.2. The van der Waals surface area contributed by atoms with Crippen molar-refractivity contribution in [3.63, 3.8) is 0 Å². The summed E-state index contributed by atoms with van der Waals surface area (Å²) in [6, 6.07) is 6.62. The van der Waals surface area contributed by atoms with Crippen molar-refractivity contribution in [3.8, 4) is 0 Å². The van der Waals surface area contributed by atoms with Crippen LogP contribution >= 0.6 is 0 Å². The maximum absolute atomic E-state index is 11.9. The number of rotatable bonds is 8. The third-order valence-electron chi connectivity index (χ3n) is 3.17. The Hall–Kier alpha value is -1.56. The Morgan fingerprint density at radius 3 is 2.24 bits per heavy atom. The summed E-state index contributed by atoms with van der Waals surface area (Å²) in [6.45, 7) is 4.91. The van der Waals surface area contributed by atoms with Crippen LogP contribution in [0.1, 0.15) is 43.5 Å². The first-order valence-electron chi connectivity index (χ1n) is 7.26. The summed E-state index contributed by atoms with van der Waals surface area (Å²) < 4.78 is 24.6. The van der Waals surface area contributed by atoms with Crippen LogP contribution in [0.25, 0.3) is 0 Å². The monoisotopic (exact) mass is 312 g/mol. The summed E-state index contributed by atoms with van der Waals surface area (Å²) in [6.07, 6.45) is 4.35. The molecule has 0 heterocycles. The van der Waals surface area contributed by atoms with Crippen LogP contribution in [0, 0.1) is 0 Å². The van der Waals surface area contributed by atoms with Crippen LogP contribution in [0.3, 0.4) is 0 Å². The molecular weight excluding hydrogens is 288 g/mol. The molecule has 0 saturated heterocycles. The van der Waals surface area contributed by atoms with Gasteiger partial charge in [0.2, 0.25) is 10.0 Å². The standard InChI is InChI=1S/C15H24N2O3S/c1-4-6-7-12-16-15(18)13-8-10-14(11-9-13)17(5-2)21(3,19)20/h8-11H,4-7,12H2,1-3H3,(H,16,18). The molecule has 5 nitrogen and oxygen atoms in total. The van der Waals surface area contributed by atoms with Gasteiger partial charge in [-0.2, -0.15) is 0 Å². The number of nitrogens with one attached hydrogen (secondary N) is 1. The highest BCUT2D eigenvalue weighted by Crippen LogP contribution is 2.17. The van der Waals surface area contributed by atoms with Crippen LogP contribution in [0.2, 0.25) is 0 Å². The molecule has 0 aromatic heterocycles. The van der Waals surface area contributed by atoms with E-state index in [1.165, 1.54) is 10.6 Å². The van der Waals surface area contributed by atoms with Crippen LogP contribution < -0.4 is 9.62 Å². The Kier molecular flexibility index (Phi) is 6.68. The highest BCUT2D eigenvalue weighted by atomic mass is 32.2. The first kappa shape index (κ1) is 17.5. The highest BCUT2D eigenvalue weighted by molar-refractivity contribution is 7.92. The van der Waals surface area contributed by atoms with Gasteiger partial charge in [-0.05, 0) is 37.6 Å². The van der Waals surface area contributed by atoms with Crippen molar-refractivity contribution in [2.24, 2.45) is 0 Å². The fourth-order valence-corrected chi connectivity index (χ4v) is 3.04. The SMILES string of the molecule is CCCCCNC(=O)c1ccc(N(CC)S(C)(=O)=O)cc1. The zero-order chi connectivity index (χ0) is 15.9. The van der Waals surface area contributed by atoms with E-state index in [4.69, 9.17) is 0 Å². The van der Waals surface area contributed by atoms with Gasteiger partial charge in [-0.25, -0.2) is 8.42 Å². The third kappa shape index (κ3) is 5.38. The van der Waals surface area contributed by atoms with E-state index in [-0.39, 0.29) is 5.91 Å². The van der Waals surface area contributed by atoms with Crippen molar-refractivity contribution < 1.29 is 13.2 Å². The van der Waals surface area contributed by atoms with Crippen LogP contribution in [0.15, 0.2) is 24.3 Å². The molecule has 21 heavy (non-hydrogen) atoms. The number of amides is 1. The van der Waals surface area contributed by atoms with E-state index in [1.807, 2.05) is 0 Å². The zero-order valence-electron chi connectivity index (χ0n) is 12.9. The Balaban J connectivity index is 2.71. The van der Waals surface area contributed by atoms with Crippen molar-refractivity contribution in [3.05, 3.63) is 29.8 Å². The van der Waals surface area contributed by atoms with Crippen molar-refractivity contribution in [2.75, 3.05) is 23.7 Å². The quantitative estimate of drug-likeness (QED) is 0.750. The minimum absolute atomic E-state index is 0.125. The predicted molar refractivity (Wildman–Crippen MR) is 86.2 cm³/mol. The molecule has 0 saturated carbocycles. The van der Waals surface area contributed by atoms with Crippen molar-refractivity contribution in [1.29, 1.82) is 0 Å². The lowest BCUT2D eigenvalue weighted by molar-refractivity contribution is 0.0953. The predicted octanol–water partition coefficient (Wildman–Crippen LogP) is 2.39. The number of unbranched alkanes of at least 4 members (excludes halogenated alkanes) is 2. The number of sulfonamides is 1. The fraction of sp³-hybridized carbons (Fsp3) is 0.533. The summed E-state index contributed by atoms with van der Waals surface area (Å²) in [5.74, 6) is -0.125. The lowest BCUT2D eigenvalue weighted by atomic mass is 10.2. The number of hydrogen-bond acceptors (Lipinski definition) is 3. The van der Waals surface area contributed by atoms with Crippen LogP contribution in [0.4, 0.5) is 5.69 Å². The second-order valence-corrected chi connectivity index (χ2v) is 6.84. The average Bonchev–Trinajstić information content (AvgIpc) is 2.43. The highest BCUT2D eigenvalue weighted by Gasteiger charge is 2.15. The molecule has 0 atom stereocenters. The first-order valence-corrected chi connectivity index (χ1v) is 9.11. The maximum Gasteiger partial charge on any atom is 0.251 e. The summed E-state index contributed by atoms with van der Waals surface area (Å²) in [7, 11) is -3.29. The van der Waals surface area contributed by atoms with E-state index in [2.05, 4.69) is 12.2 Å². The second kappa shape index (κ2) is 8.02. The molecule has 0 spiro atoms. The Morgan fingerprint density at radius 1 is 1.14 bits per heavy atom. The molecule has 0 aliphatic heterocycles. The van der Waals surface area contributed by atoms with E-state index in [0.29, 0.717) is 24.3 Å².